The fourth-order valence-corrected chi connectivity index (χ4v) is 4.06. The molecular weight excluding hydrogens is 284 g/mol. The molecule has 1 aliphatic rings. The third-order valence-corrected chi connectivity index (χ3v) is 5.40. The summed E-state index contributed by atoms with van der Waals surface area (Å²) in [7, 11) is 1.63. The minimum Gasteiger partial charge on any atom is -0.492 e. The van der Waals surface area contributed by atoms with Gasteiger partial charge in [0.15, 0.2) is 11.5 Å². The van der Waals surface area contributed by atoms with Gasteiger partial charge < -0.3 is 15.4 Å². The molecule has 1 atom stereocenters. The first-order valence-electron chi connectivity index (χ1n) is 7.71. The van der Waals surface area contributed by atoms with Crippen LogP contribution in [0.1, 0.15) is 49.7 Å². The lowest BCUT2D eigenvalue weighted by molar-refractivity contribution is 0.0944. The molecule has 2 heterocycles. The number of ketones is 1. The second-order valence-corrected chi connectivity index (χ2v) is 7.22. The number of rotatable bonds is 4. The number of ether oxygens (including phenoxy) is 1. The van der Waals surface area contributed by atoms with Gasteiger partial charge in [-0.2, -0.15) is 0 Å². The topological polar surface area (TPSA) is 55.6 Å². The van der Waals surface area contributed by atoms with Gasteiger partial charge in [0.1, 0.15) is 5.00 Å². The van der Waals surface area contributed by atoms with Crippen LogP contribution in [-0.2, 0) is 0 Å². The second kappa shape index (κ2) is 6.69. The predicted molar refractivity (Wildman–Crippen MR) is 89.7 cm³/mol. The zero-order valence-electron chi connectivity index (χ0n) is 13.4. The molecule has 1 aliphatic heterocycles. The van der Waals surface area contributed by atoms with E-state index in [2.05, 4.69) is 11.8 Å². The quantitative estimate of drug-likeness (QED) is 0.859. The van der Waals surface area contributed by atoms with E-state index in [1.807, 2.05) is 13.8 Å². The van der Waals surface area contributed by atoms with Gasteiger partial charge in [0.2, 0.25) is 0 Å². The molecular formula is C16H26N2O2S. The van der Waals surface area contributed by atoms with E-state index in [0.717, 1.165) is 24.0 Å². The first-order chi connectivity index (χ1) is 9.95. The molecule has 1 fully saturated rings. The highest BCUT2D eigenvalue weighted by molar-refractivity contribution is 7.19. The van der Waals surface area contributed by atoms with Gasteiger partial charge >= 0.3 is 0 Å². The fraction of sp³-hybridized carbons (Fsp3) is 0.688. The summed E-state index contributed by atoms with van der Waals surface area (Å²) in [5.41, 5.74) is 6.67. The maximum atomic E-state index is 12.3. The summed E-state index contributed by atoms with van der Waals surface area (Å²) < 4.78 is 5.50. The number of nitrogens with zero attached hydrogens (tertiary/aromatic N) is 1. The van der Waals surface area contributed by atoms with Crippen LogP contribution in [0.2, 0.25) is 0 Å². The third-order valence-electron chi connectivity index (χ3n) is 4.14. The number of carbonyl (C=O) groups excluding carboxylic acids is 1. The van der Waals surface area contributed by atoms with Crippen LogP contribution in [0.4, 0.5) is 10.7 Å². The molecule has 0 bridgehead atoms. The monoisotopic (exact) mass is 310 g/mol. The van der Waals surface area contributed by atoms with Crippen molar-refractivity contribution in [1.29, 1.82) is 0 Å². The Kier molecular flexibility index (Phi) is 5.14. The molecule has 0 aromatic carbocycles. The van der Waals surface area contributed by atoms with Gasteiger partial charge in [-0.3, -0.25) is 4.79 Å². The summed E-state index contributed by atoms with van der Waals surface area (Å²) in [6, 6.07) is 0. The molecule has 0 spiro atoms. The van der Waals surface area contributed by atoms with Crippen molar-refractivity contribution in [1.82, 2.24) is 0 Å². The summed E-state index contributed by atoms with van der Waals surface area (Å²) >= 11 is 1.49. The molecule has 2 N–H and O–H groups in total. The molecule has 5 heteroatoms. The summed E-state index contributed by atoms with van der Waals surface area (Å²) in [5.74, 6) is 1.49. The van der Waals surface area contributed by atoms with E-state index in [1.54, 1.807) is 7.11 Å². The number of anilines is 2. The van der Waals surface area contributed by atoms with Gasteiger partial charge in [-0.15, -0.1) is 11.3 Å². The zero-order valence-corrected chi connectivity index (χ0v) is 14.3. The summed E-state index contributed by atoms with van der Waals surface area (Å²) in [4.78, 5) is 15.3. The smallest absolute Gasteiger partial charge is 0.177 e. The van der Waals surface area contributed by atoms with Crippen molar-refractivity contribution in [2.45, 2.75) is 40.0 Å². The van der Waals surface area contributed by atoms with Crippen molar-refractivity contribution in [3.05, 3.63) is 4.88 Å². The SMILES string of the molecule is COc1c(N2CCCC(C)CC2)sc(C(=O)C(C)C)c1N. The second-order valence-electron chi connectivity index (χ2n) is 6.23. The maximum absolute atomic E-state index is 12.3. The van der Waals surface area contributed by atoms with Crippen molar-refractivity contribution in [3.8, 4) is 5.75 Å². The van der Waals surface area contributed by atoms with Crippen LogP contribution in [0.5, 0.6) is 5.75 Å². The molecule has 21 heavy (non-hydrogen) atoms. The van der Waals surface area contributed by atoms with Crippen LogP contribution in [0.25, 0.3) is 0 Å². The van der Waals surface area contributed by atoms with Crippen molar-refractivity contribution in [3.63, 3.8) is 0 Å². The minimum absolute atomic E-state index is 0.0485. The number of methoxy groups -OCH3 is 1. The van der Waals surface area contributed by atoms with E-state index in [4.69, 9.17) is 10.5 Å². The molecule has 1 aromatic rings. The normalized spacial score (nSPS) is 19.7. The number of hydrogen-bond acceptors (Lipinski definition) is 5. The lowest BCUT2D eigenvalue weighted by Gasteiger charge is -2.21. The molecule has 0 radical (unpaired) electrons. The first-order valence-corrected chi connectivity index (χ1v) is 8.52. The lowest BCUT2D eigenvalue weighted by atomic mass is 10.0. The van der Waals surface area contributed by atoms with Crippen LogP contribution in [0, 0.1) is 11.8 Å². The van der Waals surface area contributed by atoms with Crippen LogP contribution >= 0.6 is 11.3 Å². The highest BCUT2D eigenvalue weighted by Gasteiger charge is 2.27. The fourth-order valence-electron chi connectivity index (χ4n) is 2.73. The van der Waals surface area contributed by atoms with E-state index in [0.29, 0.717) is 16.3 Å². The van der Waals surface area contributed by atoms with Crippen LogP contribution < -0.4 is 15.4 Å². The molecule has 0 amide bonds. The van der Waals surface area contributed by atoms with E-state index in [1.165, 1.54) is 30.6 Å². The van der Waals surface area contributed by atoms with Gasteiger partial charge in [0.05, 0.1) is 17.7 Å². The summed E-state index contributed by atoms with van der Waals surface area (Å²) in [5, 5.41) is 1.02. The maximum Gasteiger partial charge on any atom is 0.177 e. The van der Waals surface area contributed by atoms with Crippen LogP contribution in [0.15, 0.2) is 0 Å². The minimum atomic E-state index is -0.0485. The molecule has 4 nitrogen and oxygen atoms in total. The Hall–Kier alpha value is -1.23. The lowest BCUT2D eigenvalue weighted by Crippen LogP contribution is -2.23. The van der Waals surface area contributed by atoms with E-state index < -0.39 is 0 Å². The highest BCUT2D eigenvalue weighted by atomic mass is 32.1. The Labute approximate surface area is 131 Å². The predicted octanol–water partition coefficient (Wildman–Crippen LogP) is 3.80. The Balaban J connectivity index is 2.34. The van der Waals surface area contributed by atoms with Crippen molar-refractivity contribution >= 4 is 27.8 Å². The average Bonchev–Trinajstić information content (AvgIpc) is 2.62. The Bertz CT molecular complexity index is 511. The standard InChI is InChI=1S/C16H26N2O2S/c1-10(2)13(19)15-12(17)14(20-4)16(21-15)18-8-5-6-11(3)7-9-18/h10-11H,5-9,17H2,1-4H3. The number of thiophene rings is 1. The van der Waals surface area contributed by atoms with Crippen molar-refractivity contribution < 1.29 is 9.53 Å². The van der Waals surface area contributed by atoms with Crippen LogP contribution in [0.3, 0.4) is 0 Å². The molecule has 2 rings (SSSR count). The number of carbonyl (C=O) groups is 1. The van der Waals surface area contributed by atoms with Crippen molar-refractivity contribution in [2.75, 3.05) is 30.8 Å². The Morgan fingerprint density at radius 2 is 2.10 bits per heavy atom. The molecule has 1 unspecified atom stereocenters. The third kappa shape index (κ3) is 3.34. The molecule has 0 saturated carbocycles. The van der Waals surface area contributed by atoms with Crippen molar-refractivity contribution in [2.24, 2.45) is 11.8 Å². The molecule has 0 aliphatic carbocycles. The molecule has 118 valence electrons. The number of nitrogens with two attached hydrogens (primary N) is 1. The molecule has 1 aromatic heterocycles. The van der Waals surface area contributed by atoms with Crippen LogP contribution in [-0.4, -0.2) is 26.0 Å². The van der Waals surface area contributed by atoms with Gasteiger partial charge in [-0.05, 0) is 25.2 Å². The Morgan fingerprint density at radius 1 is 1.38 bits per heavy atom. The van der Waals surface area contributed by atoms with E-state index in [9.17, 15) is 4.79 Å². The van der Waals surface area contributed by atoms with Gasteiger partial charge in [-0.1, -0.05) is 20.8 Å². The van der Waals surface area contributed by atoms with Gasteiger partial charge in [-0.25, -0.2) is 0 Å². The largest absolute Gasteiger partial charge is 0.492 e. The number of nitrogen functional groups attached to an aromatic ring is 1. The Morgan fingerprint density at radius 3 is 2.71 bits per heavy atom. The number of hydrogen-bond donors (Lipinski definition) is 1. The van der Waals surface area contributed by atoms with Gasteiger partial charge in [0, 0.05) is 19.0 Å². The average molecular weight is 310 g/mol. The number of Topliss-reactive ketones (excluding diaryl/α,β-unsaturated/α-hetero) is 1. The highest BCUT2D eigenvalue weighted by Crippen LogP contribution is 2.46. The van der Waals surface area contributed by atoms with E-state index >= 15 is 0 Å². The molecule has 1 saturated heterocycles. The first kappa shape index (κ1) is 16.1. The summed E-state index contributed by atoms with van der Waals surface area (Å²) in [6.07, 6.45) is 3.61. The van der Waals surface area contributed by atoms with E-state index in [-0.39, 0.29) is 11.7 Å². The zero-order chi connectivity index (χ0) is 15.6. The summed E-state index contributed by atoms with van der Waals surface area (Å²) in [6.45, 7) is 8.13. The van der Waals surface area contributed by atoms with Gasteiger partial charge in [0.25, 0.3) is 0 Å².